The van der Waals surface area contributed by atoms with E-state index in [1.807, 2.05) is 37.3 Å². The van der Waals surface area contributed by atoms with Crippen LogP contribution in [0.4, 0.5) is 5.69 Å². The van der Waals surface area contributed by atoms with Crippen molar-refractivity contribution < 1.29 is 23.9 Å². The molecule has 1 aliphatic rings. The summed E-state index contributed by atoms with van der Waals surface area (Å²) in [7, 11) is 1.29. The van der Waals surface area contributed by atoms with Gasteiger partial charge in [-0.2, -0.15) is 0 Å². The van der Waals surface area contributed by atoms with Crippen molar-refractivity contribution in [1.82, 2.24) is 0 Å². The number of ether oxygens (including phenoxy) is 2. The van der Waals surface area contributed by atoms with Gasteiger partial charge in [-0.05, 0) is 48.4 Å². The summed E-state index contributed by atoms with van der Waals surface area (Å²) in [6.07, 6.45) is 0.0759. The van der Waals surface area contributed by atoms with Gasteiger partial charge in [0.05, 0.1) is 23.9 Å². The normalized spacial score (nSPS) is 14.9. The molecule has 156 valence electrons. The van der Waals surface area contributed by atoms with Gasteiger partial charge in [0.2, 0.25) is 0 Å². The molecule has 0 bridgehead atoms. The van der Waals surface area contributed by atoms with Crippen molar-refractivity contribution in [2.75, 3.05) is 12.4 Å². The maximum Gasteiger partial charge on any atom is 0.339 e. The van der Waals surface area contributed by atoms with Crippen molar-refractivity contribution in [2.24, 2.45) is 0 Å². The minimum Gasteiger partial charge on any atom is -0.465 e. The number of hydrogen-bond acceptors (Lipinski definition) is 5. The van der Waals surface area contributed by atoms with Crippen LogP contribution in [0.5, 0.6) is 0 Å². The highest BCUT2D eigenvalue weighted by atomic mass is 16.5. The summed E-state index contributed by atoms with van der Waals surface area (Å²) in [5.74, 6) is -1.32. The van der Waals surface area contributed by atoms with Crippen molar-refractivity contribution in [1.29, 1.82) is 0 Å². The van der Waals surface area contributed by atoms with Gasteiger partial charge in [0.15, 0.2) is 0 Å². The average Bonchev–Trinajstić information content (AvgIpc) is 2.79. The number of fused-ring (bicyclic) bond motifs is 1. The molecule has 3 aromatic carbocycles. The smallest absolute Gasteiger partial charge is 0.339 e. The molecule has 1 N–H and O–H groups in total. The number of benzene rings is 3. The van der Waals surface area contributed by atoms with E-state index < -0.39 is 18.0 Å². The molecule has 4 rings (SSSR count). The Morgan fingerprint density at radius 1 is 1.03 bits per heavy atom. The van der Waals surface area contributed by atoms with Crippen molar-refractivity contribution in [3.05, 3.63) is 100 Å². The van der Waals surface area contributed by atoms with Crippen LogP contribution in [-0.4, -0.2) is 25.0 Å². The van der Waals surface area contributed by atoms with Crippen molar-refractivity contribution in [3.63, 3.8) is 0 Å². The van der Waals surface area contributed by atoms with E-state index in [1.165, 1.54) is 7.11 Å². The lowest BCUT2D eigenvalue weighted by Crippen LogP contribution is -2.23. The summed E-state index contributed by atoms with van der Waals surface area (Å²) in [6.45, 7) is 1.85. The third-order valence-corrected chi connectivity index (χ3v) is 5.24. The van der Waals surface area contributed by atoms with E-state index in [0.717, 1.165) is 16.7 Å². The lowest BCUT2D eigenvalue weighted by Gasteiger charge is -2.25. The zero-order valence-corrected chi connectivity index (χ0v) is 17.2. The summed E-state index contributed by atoms with van der Waals surface area (Å²) in [6, 6.07) is 19.5. The standard InChI is InChI=1S/C25H21NO5/c1-15-8-11-21(20(12-15)24(28)30-2)26-23(27)17-9-10-19-18(13-17)14-22(31-25(19)29)16-6-4-3-5-7-16/h3-13,22H,14H2,1-2H3,(H,26,27)/t22-/m0/s1. The molecule has 0 radical (unpaired) electrons. The van der Waals surface area contributed by atoms with Crippen molar-refractivity contribution in [3.8, 4) is 0 Å². The zero-order chi connectivity index (χ0) is 22.0. The largest absolute Gasteiger partial charge is 0.465 e. The Labute approximate surface area is 179 Å². The first kappa shape index (κ1) is 20.3. The number of anilines is 1. The number of carbonyl (C=O) groups excluding carboxylic acids is 3. The number of hydrogen-bond donors (Lipinski definition) is 1. The Hall–Kier alpha value is -3.93. The van der Waals surface area contributed by atoms with Gasteiger partial charge in [0, 0.05) is 12.0 Å². The Balaban J connectivity index is 1.60. The molecule has 6 nitrogen and oxygen atoms in total. The predicted octanol–water partition coefficient (Wildman–Crippen LogP) is 4.49. The fourth-order valence-corrected chi connectivity index (χ4v) is 3.63. The molecule has 0 saturated heterocycles. The Morgan fingerprint density at radius 2 is 1.81 bits per heavy atom. The van der Waals surface area contributed by atoms with E-state index in [4.69, 9.17) is 9.47 Å². The molecule has 0 saturated carbocycles. The number of amides is 1. The molecule has 0 spiro atoms. The first-order chi connectivity index (χ1) is 15.0. The van der Waals surface area contributed by atoms with Crippen molar-refractivity contribution in [2.45, 2.75) is 19.4 Å². The van der Waals surface area contributed by atoms with Crippen LogP contribution in [0.2, 0.25) is 0 Å². The van der Waals surface area contributed by atoms with E-state index in [0.29, 0.717) is 23.2 Å². The minimum atomic E-state index is -0.530. The molecule has 0 fully saturated rings. The zero-order valence-electron chi connectivity index (χ0n) is 17.2. The van der Waals surface area contributed by atoms with Gasteiger partial charge in [-0.25, -0.2) is 9.59 Å². The van der Waals surface area contributed by atoms with Gasteiger partial charge in [0.25, 0.3) is 5.91 Å². The van der Waals surface area contributed by atoms with Crippen LogP contribution < -0.4 is 5.32 Å². The van der Waals surface area contributed by atoms with Crippen LogP contribution in [0.15, 0.2) is 66.7 Å². The molecule has 0 aromatic heterocycles. The number of nitrogens with one attached hydrogen (secondary N) is 1. The number of rotatable bonds is 4. The maximum absolute atomic E-state index is 12.9. The fourth-order valence-electron chi connectivity index (χ4n) is 3.63. The van der Waals surface area contributed by atoms with E-state index in [1.54, 1.807) is 36.4 Å². The fraction of sp³-hybridized carbons (Fsp3) is 0.160. The first-order valence-corrected chi connectivity index (χ1v) is 9.85. The number of aryl methyl sites for hydroxylation is 1. The molecule has 6 heteroatoms. The Kier molecular flexibility index (Phi) is 5.54. The Morgan fingerprint density at radius 3 is 2.55 bits per heavy atom. The van der Waals surface area contributed by atoms with E-state index in [-0.39, 0.29) is 11.5 Å². The van der Waals surface area contributed by atoms with Gasteiger partial charge < -0.3 is 14.8 Å². The maximum atomic E-state index is 12.9. The minimum absolute atomic E-state index is 0.279. The van der Waals surface area contributed by atoms with E-state index in [9.17, 15) is 14.4 Å². The number of cyclic esters (lactones) is 1. The molecule has 31 heavy (non-hydrogen) atoms. The van der Waals surface area contributed by atoms with Crippen molar-refractivity contribution >= 4 is 23.5 Å². The summed E-state index contributed by atoms with van der Waals surface area (Å²) in [5, 5.41) is 2.77. The average molecular weight is 415 g/mol. The number of methoxy groups -OCH3 is 1. The van der Waals surface area contributed by atoms with Gasteiger partial charge in [-0.3, -0.25) is 4.79 Å². The molecule has 1 heterocycles. The van der Waals surface area contributed by atoms with E-state index in [2.05, 4.69) is 5.32 Å². The van der Waals surface area contributed by atoms with Gasteiger partial charge >= 0.3 is 11.9 Å². The lowest BCUT2D eigenvalue weighted by atomic mass is 9.93. The number of carbonyl (C=O) groups is 3. The highest BCUT2D eigenvalue weighted by Gasteiger charge is 2.28. The molecule has 0 unspecified atom stereocenters. The van der Waals surface area contributed by atoms with Gasteiger partial charge in [-0.15, -0.1) is 0 Å². The number of esters is 2. The second kappa shape index (κ2) is 8.44. The summed E-state index contributed by atoms with van der Waals surface area (Å²) in [4.78, 5) is 37.4. The third-order valence-electron chi connectivity index (χ3n) is 5.24. The van der Waals surface area contributed by atoms with Crippen LogP contribution in [0.3, 0.4) is 0 Å². The summed E-state index contributed by atoms with van der Waals surface area (Å²) < 4.78 is 10.4. The molecular formula is C25H21NO5. The lowest BCUT2D eigenvalue weighted by molar-refractivity contribution is 0.0252. The van der Waals surface area contributed by atoms with Gasteiger partial charge in [-0.1, -0.05) is 42.0 Å². The molecule has 1 atom stereocenters. The summed E-state index contributed by atoms with van der Waals surface area (Å²) in [5.41, 5.74) is 4.00. The predicted molar refractivity (Wildman–Crippen MR) is 115 cm³/mol. The van der Waals surface area contributed by atoms with E-state index >= 15 is 0 Å². The van der Waals surface area contributed by atoms with Gasteiger partial charge in [0.1, 0.15) is 6.10 Å². The molecule has 0 aliphatic carbocycles. The highest BCUT2D eigenvalue weighted by Crippen LogP contribution is 2.31. The topological polar surface area (TPSA) is 81.7 Å². The van der Waals surface area contributed by atoms with Crippen LogP contribution in [0.1, 0.15) is 53.9 Å². The van der Waals surface area contributed by atoms with Crippen LogP contribution in [0, 0.1) is 6.92 Å². The summed E-state index contributed by atoms with van der Waals surface area (Å²) >= 11 is 0. The van der Waals surface area contributed by atoms with Crippen LogP contribution in [-0.2, 0) is 15.9 Å². The SMILES string of the molecule is COC(=O)c1cc(C)ccc1NC(=O)c1ccc2c(c1)C[C@@H](c1ccccc1)OC2=O. The second-order valence-electron chi connectivity index (χ2n) is 7.38. The third kappa shape index (κ3) is 4.19. The molecule has 3 aromatic rings. The highest BCUT2D eigenvalue weighted by molar-refractivity contribution is 6.08. The van der Waals surface area contributed by atoms with Crippen LogP contribution >= 0.6 is 0 Å². The molecule has 1 aliphatic heterocycles. The first-order valence-electron chi connectivity index (χ1n) is 9.85. The monoisotopic (exact) mass is 415 g/mol. The second-order valence-corrected chi connectivity index (χ2v) is 7.38. The van der Waals surface area contributed by atoms with Crippen LogP contribution in [0.25, 0.3) is 0 Å². The molecule has 1 amide bonds. The Bertz CT molecular complexity index is 1170. The quantitative estimate of drug-likeness (QED) is 0.635. The molecular weight excluding hydrogens is 394 g/mol.